The lowest BCUT2D eigenvalue weighted by Gasteiger charge is -2.47. The molecular weight excluding hydrogens is 435 g/mol. The first-order valence-corrected chi connectivity index (χ1v) is 10.3. The van der Waals surface area contributed by atoms with E-state index in [2.05, 4.69) is 28.5 Å². The highest BCUT2D eigenvalue weighted by Crippen LogP contribution is 2.35. The van der Waals surface area contributed by atoms with E-state index in [1.807, 2.05) is 0 Å². The summed E-state index contributed by atoms with van der Waals surface area (Å²) in [5.41, 5.74) is 6.58. The van der Waals surface area contributed by atoms with Gasteiger partial charge in [-0.3, -0.25) is 9.89 Å². The second kappa shape index (κ2) is 9.83. The predicted molar refractivity (Wildman–Crippen MR) is 114 cm³/mol. The summed E-state index contributed by atoms with van der Waals surface area (Å²) in [4.78, 5) is 9.78. The number of ether oxygens (including phenoxy) is 1. The van der Waals surface area contributed by atoms with Crippen LogP contribution in [0, 0.1) is 0 Å². The standard InChI is InChI=1S/C17H32N4OS.HI/c1-15-13-20(7-10-22-15)16(18)19-14-17(5-3-2-4-6-17)21-8-11-23-12-9-21;/h15H,2-14H2,1H3,(H2,18,19);1H. The van der Waals surface area contributed by atoms with Crippen molar-refractivity contribution in [3.8, 4) is 0 Å². The summed E-state index contributed by atoms with van der Waals surface area (Å²) in [5, 5.41) is 0. The fourth-order valence-electron chi connectivity index (χ4n) is 4.18. The van der Waals surface area contributed by atoms with Crippen molar-refractivity contribution in [2.45, 2.75) is 50.7 Å². The van der Waals surface area contributed by atoms with Crippen LogP contribution in [0.5, 0.6) is 0 Å². The molecule has 0 aromatic heterocycles. The molecule has 1 unspecified atom stereocenters. The van der Waals surface area contributed by atoms with E-state index >= 15 is 0 Å². The lowest BCUT2D eigenvalue weighted by Crippen LogP contribution is -2.56. The van der Waals surface area contributed by atoms with Gasteiger partial charge in [-0.05, 0) is 19.8 Å². The number of aliphatic imine (C=N–C) groups is 1. The molecule has 0 radical (unpaired) electrons. The molecule has 0 aromatic carbocycles. The van der Waals surface area contributed by atoms with Gasteiger partial charge in [0.1, 0.15) is 0 Å². The molecule has 3 aliphatic rings. The summed E-state index contributed by atoms with van der Waals surface area (Å²) in [5.74, 6) is 3.25. The third-order valence-corrected chi connectivity index (χ3v) is 6.51. The summed E-state index contributed by atoms with van der Waals surface area (Å²) in [6.45, 7) is 7.90. The normalized spacial score (nSPS) is 29.1. The second-order valence-corrected chi connectivity index (χ2v) is 8.41. The Labute approximate surface area is 168 Å². The maximum absolute atomic E-state index is 6.31. The van der Waals surface area contributed by atoms with Crippen LogP contribution < -0.4 is 5.73 Å². The Hall–Kier alpha value is 0.270. The summed E-state index contributed by atoms with van der Waals surface area (Å²) < 4.78 is 5.60. The minimum absolute atomic E-state index is 0. The Bertz CT molecular complexity index is 411. The molecule has 0 bridgehead atoms. The van der Waals surface area contributed by atoms with E-state index in [1.165, 1.54) is 56.7 Å². The van der Waals surface area contributed by atoms with Gasteiger partial charge in [0.2, 0.25) is 0 Å². The molecule has 1 saturated carbocycles. The SMILES string of the molecule is CC1CN(C(N)=NCC2(N3CCSCC3)CCCCC2)CCO1.I. The Kier molecular flexibility index (Phi) is 8.43. The number of nitrogens with zero attached hydrogens (tertiary/aromatic N) is 3. The summed E-state index contributed by atoms with van der Waals surface area (Å²) >= 11 is 2.08. The highest BCUT2D eigenvalue weighted by atomic mass is 127. The number of thioether (sulfide) groups is 1. The lowest BCUT2D eigenvalue weighted by atomic mass is 9.80. The molecule has 1 aliphatic carbocycles. The topological polar surface area (TPSA) is 54.1 Å². The van der Waals surface area contributed by atoms with Gasteiger partial charge in [-0.2, -0.15) is 11.8 Å². The molecule has 2 saturated heterocycles. The van der Waals surface area contributed by atoms with E-state index in [-0.39, 0.29) is 35.6 Å². The molecule has 3 fully saturated rings. The zero-order valence-corrected chi connectivity index (χ0v) is 18.1. The van der Waals surface area contributed by atoms with E-state index in [0.29, 0.717) is 0 Å². The van der Waals surface area contributed by atoms with Crippen LogP contribution in [0.1, 0.15) is 39.0 Å². The molecule has 5 nitrogen and oxygen atoms in total. The van der Waals surface area contributed by atoms with Gasteiger partial charge in [0.25, 0.3) is 0 Å². The summed E-state index contributed by atoms with van der Waals surface area (Å²) in [6.07, 6.45) is 6.88. The van der Waals surface area contributed by atoms with Crippen LogP contribution in [0.25, 0.3) is 0 Å². The van der Waals surface area contributed by atoms with E-state index in [9.17, 15) is 0 Å². The van der Waals surface area contributed by atoms with Gasteiger partial charge in [0.05, 0.1) is 19.3 Å². The van der Waals surface area contributed by atoms with Crippen molar-refractivity contribution < 1.29 is 4.74 Å². The molecule has 0 spiro atoms. The second-order valence-electron chi connectivity index (χ2n) is 7.19. The van der Waals surface area contributed by atoms with E-state index in [1.54, 1.807) is 0 Å². The molecule has 24 heavy (non-hydrogen) atoms. The average Bonchev–Trinajstić information content (AvgIpc) is 2.61. The van der Waals surface area contributed by atoms with Gasteiger partial charge in [0, 0.05) is 43.2 Å². The highest BCUT2D eigenvalue weighted by molar-refractivity contribution is 14.0. The highest BCUT2D eigenvalue weighted by Gasteiger charge is 2.38. The van der Waals surface area contributed by atoms with Crippen molar-refractivity contribution >= 4 is 41.7 Å². The fourth-order valence-corrected chi connectivity index (χ4v) is 5.08. The Morgan fingerprint density at radius 1 is 1.21 bits per heavy atom. The van der Waals surface area contributed by atoms with E-state index in [0.717, 1.165) is 32.2 Å². The first kappa shape index (κ1) is 20.6. The summed E-state index contributed by atoms with van der Waals surface area (Å²) in [6, 6.07) is 0. The van der Waals surface area contributed by atoms with Gasteiger partial charge in [0.15, 0.2) is 5.96 Å². The summed E-state index contributed by atoms with van der Waals surface area (Å²) in [7, 11) is 0. The maximum atomic E-state index is 6.31. The molecule has 1 atom stereocenters. The van der Waals surface area contributed by atoms with Crippen LogP contribution >= 0.6 is 35.7 Å². The number of guanidine groups is 1. The van der Waals surface area contributed by atoms with Crippen LogP contribution in [0.3, 0.4) is 0 Å². The van der Waals surface area contributed by atoms with E-state index in [4.69, 9.17) is 15.5 Å². The van der Waals surface area contributed by atoms with Crippen LogP contribution in [0.15, 0.2) is 4.99 Å². The average molecular weight is 468 g/mol. The first-order chi connectivity index (χ1) is 11.2. The molecule has 2 aliphatic heterocycles. The minimum atomic E-state index is 0. The minimum Gasteiger partial charge on any atom is -0.375 e. The number of hydrogen-bond donors (Lipinski definition) is 1. The van der Waals surface area contributed by atoms with Gasteiger partial charge in [-0.25, -0.2) is 0 Å². The monoisotopic (exact) mass is 468 g/mol. The van der Waals surface area contributed by atoms with Crippen molar-refractivity contribution in [2.75, 3.05) is 50.8 Å². The third-order valence-electron chi connectivity index (χ3n) is 5.57. The molecule has 7 heteroatoms. The van der Waals surface area contributed by atoms with Gasteiger partial charge in [-0.15, -0.1) is 24.0 Å². The molecular formula is C17H33IN4OS. The Balaban J connectivity index is 0.00000208. The maximum Gasteiger partial charge on any atom is 0.191 e. The Morgan fingerprint density at radius 3 is 2.58 bits per heavy atom. The number of morpholine rings is 1. The fraction of sp³-hybridized carbons (Fsp3) is 0.941. The van der Waals surface area contributed by atoms with Gasteiger partial charge >= 0.3 is 0 Å². The zero-order valence-electron chi connectivity index (χ0n) is 14.9. The van der Waals surface area contributed by atoms with Crippen LogP contribution in [0.4, 0.5) is 0 Å². The van der Waals surface area contributed by atoms with Crippen molar-refractivity contribution in [3.63, 3.8) is 0 Å². The van der Waals surface area contributed by atoms with E-state index < -0.39 is 0 Å². The predicted octanol–water partition coefficient (Wildman–Crippen LogP) is 2.39. The third kappa shape index (κ3) is 5.14. The first-order valence-electron chi connectivity index (χ1n) is 9.19. The van der Waals surface area contributed by atoms with Crippen LogP contribution in [-0.2, 0) is 4.74 Å². The molecule has 0 amide bonds. The molecule has 2 N–H and O–H groups in total. The Morgan fingerprint density at radius 2 is 1.92 bits per heavy atom. The van der Waals surface area contributed by atoms with Crippen LogP contribution in [0.2, 0.25) is 0 Å². The smallest absolute Gasteiger partial charge is 0.191 e. The van der Waals surface area contributed by atoms with Crippen molar-refractivity contribution in [3.05, 3.63) is 0 Å². The molecule has 2 heterocycles. The van der Waals surface area contributed by atoms with Gasteiger partial charge in [-0.1, -0.05) is 19.3 Å². The largest absolute Gasteiger partial charge is 0.375 e. The van der Waals surface area contributed by atoms with Crippen molar-refractivity contribution in [2.24, 2.45) is 10.7 Å². The zero-order chi connectivity index (χ0) is 16.1. The van der Waals surface area contributed by atoms with Crippen molar-refractivity contribution in [1.29, 1.82) is 0 Å². The van der Waals surface area contributed by atoms with Crippen LogP contribution in [-0.4, -0.2) is 78.2 Å². The molecule has 3 rings (SSSR count). The number of halogens is 1. The lowest BCUT2D eigenvalue weighted by molar-refractivity contribution is 0.00502. The molecule has 140 valence electrons. The number of nitrogens with two attached hydrogens (primary N) is 1. The molecule has 0 aromatic rings. The quantitative estimate of drug-likeness (QED) is 0.392. The van der Waals surface area contributed by atoms with Gasteiger partial charge < -0.3 is 15.4 Å². The van der Waals surface area contributed by atoms with Crippen molar-refractivity contribution in [1.82, 2.24) is 9.80 Å². The number of rotatable bonds is 3. The number of hydrogen-bond acceptors (Lipinski definition) is 4.